The molecule has 3 nitrogen and oxygen atoms in total. The molecule has 0 saturated carbocycles. The number of hydrogen-bond donors (Lipinski definition) is 2. The number of aliphatic carboxylic acids is 1. The summed E-state index contributed by atoms with van der Waals surface area (Å²) in [5.74, 6) is -0.667. The molecule has 0 aromatic carbocycles. The van der Waals surface area contributed by atoms with Gasteiger partial charge in [-0.15, -0.1) is 0 Å². The normalized spacial score (nSPS) is 41.3. The van der Waals surface area contributed by atoms with E-state index in [2.05, 4.69) is 5.32 Å². The summed E-state index contributed by atoms with van der Waals surface area (Å²) in [6.45, 7) is 0. The van der Waals surface area contributed by atoms with Crippen LogP contribution in [0.1, 0.15) is 32.1 Å². The Morgan fingerprint density at radius 2 is 2.18 bits per heavy atom. The molecule has 2 saturated heterocycles. The van der Waals surface area contributed by atoms with Gasteiger partial charge in [0, 0.05) is 11.6 Å². The molecule has 11 heavy (non-hydrogen) atoms. The average Bonchev–Trinajstić information content (AvgIpc) is 2.43. The molecule has 2 heterocycles. The highest BCUT2D eigenvalue weighted by atomic mass is 16.4. The highest BCUT2D eigenvalue weighted by Gasteiger charge is 2.45. The number of carbonyl (C=O) groups is 1. The minimum Gasteiger partial charge on any atom is -0.481 e. The van der Waals surface area contributed by atoms with Crippen LogP contribution in [0, 0.1) is 0 Å². The number of carboxylic acid groups (broad SMARTS) is 1. The Kier molecular flexibility index (Phi) is 1.42. The Hall–Kier alpha value is -0.570. The van der Waals surface area contributed by atoms with Crippen LogP contribution in [0.15, 0.2) is 0 Å². The van der Waals surface area contributed by atoms with E-state index in [-0.39, 0.29) is 5.54 Å². The van der Waals surface area contributed by atoms with Crippen LogP contribution in [0.2, 0.25) is 0 Å². The van der Waals surface area contributed by atoms with Gasteiger partial charge in [-0.25, -0.2) is 0 Å². The zero-order valence-electron chi connectivity index (χ0n) is 6.47. The number of rotatable bonds is 2. The van der Waals surface area contributed by atoms with E-state index in [1.165, 1.54) is 12.8 Å². The lowest BCUT2D eigenvalue weighted by molar-refractivity contribution is -0.138. The minimum atomic E-state index is -0.667. The molecule has 62 valence electrons. The fraction of sp³-hybridized carbons (Fsp3) is 0.875. The monoisotopic (exact) mass is 155 g/mol. The van der Waals surface area contributed by atoms with Gasteiger partial charge < -0.3 is 10.4 Å². The first-order valence-corrected chi connectivity index (χ1v) is 4.20. The van der Waals surface area contributed by atoms with Crippen LogP contribution in [0.5, 0.6) is 0 Å². The molecule has 0 aliphatic carbocycles. The van der Waals surface area contributed by atoms with Crippen LogP contribution in [-0.4, -0.2) is 22.7 Å². The van der Waals surface area contributed by atoms with Crippen molar-refractivity contribution in [2.24, 2.45) is 0 Å². The van der Waals surface area contributed by atoms with Gasteiger partial charge in [0.15, 0.2) is 0 Å². The van der Waals surface area contributed by atoms with Crippen molar-refractivity contribution in [2.45, 2.75) is 43.7 Å². The summed E-state index contributed by atoms with van der Waals surface area (Å²) in [7, 11) is 0. The van der Waals surface area contributed by atoms with Crippen molar-refractivity contribution in [3.05, 3.63) is 0 Å². The molecule has 0 radical (unpaired) electrons. The molecule has 0 unspecified atom stereocenters. The zero-order chi connectivity index (χ0) is 7.90. The number of fused-ring (bicyclic) bond motifs is 2. The van der Waals surface area contributed by atoms with Crippen LogP contribution in [0.4, 0.5) is 0 Å². The second-order valence-corrected chi connectivity index (χ2v) is 3.77. The van der Waals surface area contributed by atoms with Crippen molar-refractivity contribution in [3.63, 3.8) is 0 Å². The van der Waals surface area contributed by atoms with E-state index in [0.29, 0.717) is 12.5 Å². The van der Waals surface area contributed by atoms with Crippen molar-refractivity contribution in [2.75, 3.05) is 0 Å². The van der Waals surface area contributed by atoms with Gasteiger partial charge in [0.25, 0.3) is 0 Å². The zero-order valence-corrected chi connectivity index (χ0v) is 6.47. The van der Waals surface area contributed by atoms with Gasteiger partial charge in [-0.3, -0.25) is 4.79 Å². The van der Waals surface area contributed by atoms with E-state index < -0.39 is 5.97 Å². The molecule has 0 aromatic rings. The van der Waals surface area contributed by atoms with Crippen molar-refractivity contribution in [1.82, 2.24) is 5.32 Å². The summed E-state index contributed by atoms with van der Waals surface area (Å²) in [5, 5.41) is 12.0. The quantitative estimate of drug-likeness (QED) is 0.618. The molecule has 2 fully saturated rings. The number of carboxylic acids is 1. The predicted molar refractivity (Wildman–Crippen MR) is 40.4 cm³/mol. The Labute approximate surface area is 65.8 Å². The fourth-order valence-electron chi connectivity index (χ4n) is 2.41. The number of hydrogen-bond acceptors (Lipinski definition) is 2. The van der Waals surface area contributed by atoms with Crippen LogP contribution in [0.25, 0.3) is 0 Å². The third kappa shape index (κ3) is 1.13. The summed E-state index contributed by atoms with van der Waals surface area (Å²) in [6.07, 6.45) is 4.78. The van der Waals surface area contributed by atoms with E-state index >= 15 is 0 Å². The third-order valence-corrected chi connectivity index (χ3v) is 2.94. The average molecular weight is 155 g/mol. The molecule has 2 rings (SSSR count). The largest absolute Gasteiger partial charge is 0.481 e. The molecule has 2 bridgehead atoms. The highest BCUT2D eigenvalue weighted by Crippen LogP contribution is 2.39. The fourth-order valence-corrected chi connectivity index (χ4v) is 2.41. The summed E-state index contributed by atoms with van der Waals surface area (Å²) in [4.78, 5) is 10.5. The second kappa shape index (κ2) is 2.21. The van der Waals surface area contributed by atoms with Crippen LogP contribution >= 0.6 is 0 Å². The predicted octanol–water partition coefficient (Wildman–Crippen LogP) is 0.746. The first kappa shape index (κ1) is 7.10. The van der Waals surface area contributed by atoms with Crippen molar-refractivity contribution >= 4 is 5.97 Å². The standard InChI is InChI=1S/C8H13NO2/c10-7(11)5-8-3-1-6(9-8)2-4-8/h6,9H,1-5H2,(H,10,11). The van der Waals surface area contributed by atoms with E-state index in [1.807, 2.05) is 0 Å². The Bertz CT molecular complexity index is 183. The van der Waals surface area contributed by atoms with Gasteiger partial charge in [-0.05, 0) is 25.7 Å². The Morgan fingerprint density at radius 3 is 2.55 bits per heavy atom. The smallest absolute Gasteiger partial charge is 0.305 e. The minimum absolute atomic E-state index is 0.0174. The summed E-state index contributed by atoms with van der Waals surface area (Å²) >= 11 is 0. The van der Waals surface area contributed by atoms with E-state index in [1.54, 1.807) is 0 Å². The molecule has 2 aliphatic heterocycles. The second-order valence-electron chi connectivity index (χ2n) is 3.77. The van der Waals surface area contributed by atoms with Gasteiger partial charge in [-0.2, -0.15) is 0 Å². The Morgan fingerprint density at radius 1 is 1.55 bits per heavy atom. The maximum Gasteiger partial charge on any atom is 0.305 e. The summed E-state index contributed by atoms with van der Waals surface area (Å²) < 4.78 is 0. The molecule has 0 aromatic heterocycles. The molecule has 0 atom stereocenters. The maximum atomic E-state index is 10.5. The molecule has 0 spiro atoms. The highest BCUT2D eigenvalue weighted by molar-refractivity contribution is 5.68. The van der Waals surface area contributed by atoms with Crippen LogP contribution < -0.4 is 5.32 Å². The SMILES string of the molecule is O=C(O)CC12CCC(CC1)N2. The summed E-state index contributed by atoms with van der Waals surface area (Å²) in [6, 6.07) is 0.620. The molecule has 3 heteroatoms. The first-order valence-electron chi connectivity index (χ1n) is 4.20. The van der Waals surface area contributed by atoms with Crippen molar-refractivity contribution in [3.8, 4) is 0 Å². The van der Waals surface area contributed by atoms with Gasteiger partial charge >= 0.3 is 5.97 Å². The van der Waals surface area contributed by atoms with E-state index in [0.717, 1.165) is 12.8 Å². The summed E-state index contributed by atoms with van der Waals surface area (Å²) in [5.41, 5.74) is -0.0174. The molecule has 2 aliphatic rings. The maximum absolute atomic E-state index is 10.5. The van der Waals surface area contributed by atoms with E-state index in [9.17, 15) is 4.79 Å². The molecule has 0 amide bonds. The van der Waals surface area contributed by atoms with E-state index in [4.69, 9.17) is 5.11 Å². The third-order valence-electron chi connectivity index (χ3n) is 2.94. The molecule has 2 N–H and O–H groups in total. The molecular weight excluding hydrogens is 142 g/mol. The lowest BCUT2D eigenvalue weighted by atomic mass is 9.85. The number of nitrogens with one attached hydrogen (secondary N) is 1. The van der Waals surface area contributed by atoms with Crippen LogP contribution in [0.3, 0.4) is 0 Å². The van der Waals surface area contributed by atoms with Gasteiger partial charge in [0.05, 0.1) is 6.42 Å². The van der Waals surface area contributed by atoms with Crippen LogP contribution in [-0.2, 0) is 4.79 Å². The van der Waals surface area contributed by atoms with Gasteiger partial charge in [-0.1, -0.05) is 0 Å². The van der Waals surface area contributed by atoms with Gasteiger partial charge in [0.2, 0.25) is 0 Å². The Balaban J connectivity index is 2.05. The van der Waals surface area contributed by atoms with Gasteiger partial charge in [0.1, 0.15) is 0 Å². The molecular formula is C8H13NO2. The van der Waals surface area contributed by atoms with Crippen molar-refractivity contribution in [1.29, 1.82) is 0 Å². The lowest BCUT2D eigenvalue weighted by Crippen LogP contribution is -2.38. The first-order chi connectivity index (χ1) is 5.20. The topological polar surface area (TPSA) is 49.3 Å². The lowest BCUT2D eigenvalue weighted by Gasteiger charge is -2.23. The van der Waals surface area contributed by atoms with Crippen molar-refractivity contribution < 1.29 is 9.90 Å².